The van der Waals surface area contributed by atoms with Gasteiger partial charge in [-0.05, 0) is 19.4 Å². The zero-order chi connectivity index (χ0) is 9.80. The topological polar surface area (TPSA) is 20.3 Å². The van der Waals surface area contributed by atoms with Gasteiger partial charge in [-0.3, -0.25) is 9.69 Å². The predicted molar refractivity (Wildman–Crippen MR) is 56.1 cm³/mol. The van der Waals surface area contributed by atoms with Gasteiger partial charge in [0.1, 0.15) is 0 Å². The molecule has 2 nitrogen and oxygen atoms in total. The molecule has 0 spiro atoms. The van der Waals surface area contributed by atoms with Crippen molar-refractivity contribution in [3.63, 3.8) is 0 Å². The van der Waals surface area contributed by atoms with Crippen LogP contribution in [0.4, 0.5) is 0 Å². The van der Waals surface area contributed by atoms with Crippen LogP contribution in [0.5, 0.6) is 0 Å². The van der Waals surface area contributed by atoms with Gasteiger partial charge in [-0.2, -0.15) is 0 Å². The molecular weight excluding hydrogens is 174 g/mol. The first-order valence-corrected chi connectivity index (χ1v) is 4.98. The number of Topliss-reactive ketones (excluding diaryl/α,β-unsaturated/α-hetero) is 1. The van der Waals surface area contributed by atoms with Gasteiger partial charge in [-0.15, -0.1) is 0 Å². The number of hydrogen-bond donors (Lipinski definition) is 0. The van der Waals surface area contributed by atoms with Gasteiger partial charge in [-0.25, -0.2) is 0 Å². The predicted octanol–water partition coefficient (Wildman–Crippen LogP) is 1.78. The molecule has 0 amide bonds. The number of benzene rings is 1. The smallest absolute Gasteiger partial charge is 0.176 e. The Balaban J connectivity index is 1.95. The fraction of sp³-hybridized carbons (Fsp3) is 0.333. The number of ketones is 1. The van der Waals surface area contributed by atoms with Crippen LogP contribution in [0, 0.1) is 6.42 Å². The van der Waals surface area contributed by atoms with Gasteiger partial charge in [0.15, 0.2) is 5.78 Å². The summed E-state index contributed by atoms with van der Waals surface area (Å²) in [5, 5.41) is 0. The average molecular weight is 188 g/mol. The van der Waals surface area contributed by atoms with Gasteiger partial charge in [-0.1, -0.05) is 30.3 Å². The van der Waals surface area contributed by atoms with Gasteiger partial charge in [0, 0.05) is 12.1 Å². The summed E-state index contributed by atoms with van der Waals surface area (Å²) in [6, 6.07) is 9.50. The number of likely N-dealkylation sites (tertiary alicyclic amines) is 1. The number of hydrogen-bond acceptors (Lipinski definition) is 2. The lowest BCUT2D eigenvalue weighted by Crippen LogP contribution is -2.26. The third-order valence-corrected chi connectivity index (χ3v) is 2.50. The molecule has 1 aromatic carbocycles. The van der Waals surface area contributed by atoms with Crippen LogP contribution in [0.1, 0.15) is 16.8 Å². The molecule has 0 aromatic heterocycles. The van der Waals surface area contributed by atoms with Gasteiger partial charge in [0.2, 0.25) is 0 Å². The zero-order valence-corrected chi connectivity index (χ0v) is 8.15. The highest BCUT2D eigenvalue weighted by atomic mass is 16.1. The third kappa shape index (κ3) is 2.20. The second-order valence-electron chi connectivity index (χ2n) is 3.60. The van der Waals surface area contributed by atoms with Gasteiger partial charge >= 0.3 is 0 Å². The summed E-state index contributed by atoms with van der Waals surface area (Å²) in [6.07, 6.45) is 3.33. The molecule has 0 atom stereocenters. The van der Waals surface area contributed by atoms with Crippen molar-refractivity contribution in [2.45, 2.75) is 6.42 Å². The summed E-state index contributed by atoms with van der Waals surface area (Å²) < 4.78 is 0. The van der Waals surface area contributed by atoms with Crippen LogP contribution in [0.25, 0.3) is 0 Å². The summed E-state index contributed by atoms with van der Waals surface area (Å²) in [6.45, 7) is 2.54. The molecule has 2 heteroatoms. The zero-order valence-electron chi connectivity index (χ0n) is 8.15. The van der Waals surface area contributed by atoms with E-state index in [2.05, 4.69) is 11.3 Å². The van der Waals surface area contributed by atoms with Crippen molar-refractivity contribution in [2.75, 3.05) is 19.6 Å². The first-order chi connectivity index (χ1) is 6.86. The molecule has 1 heterocycles. The van der Waals surface area contributed by atoms with Crippen LogP contribution in [0.2, 0.25) is 0 Å². The van der Waals surface area contributed by atoms with E-state index in [0.717, 1.165) is 25.1 Å². The molecule has 0 unspecified atom stereocenters. The summed E-state index contributed by atoms with van der Waals surface area (Å²) >= 11 is 0. The molecule has 1 aliphatic heterocycles. The van der Waals surface area contributed by atoms with Crippen LogP contribution in [0.15, 0.2) is 30.3 Å². The number of carbonyl (C=O) groups excluding carboxylic acids is 1. The maximum absolute atomic E-state index is 11.7. The van der Waals surface area contributed by atoms with Crippen LogP contribution < -0.4 is 0 Å². The Morgan fingerprint density at radius 3 is 2.71 bits per heavy atom. The normalized spacial score (nSPS) is 17.1. The van der Waals surface area contributed by atoms with Crippen molar-refractivity contribution in [1.29, 1.82) is 0 Å². The Morgan fingerprint density at radius 2 is 2.07 bits per heavy atom. The van der Waals surface area contributed by atoms with Gasteiger partial charge < -0.3 is 0 Å². The maximum Gasteiger partial charge on any atom is 0.176 e. The van der Waals surface area contributed by atoms with Crippen LogP contribution in [-0.2, 0) is 0 Å². The molecule has 2 rings (SSSR count). The van der Waals surface area contributed by atoms with E-state index in [4.69, 9.17) is 0 Å². The molecule has 73 valence electrons. The molecule has 1 aliphatic rings. The first-order valence-electron chi connectivity index (χ1n) is 4.98. The largest absolute Gasteiger partial charge is 0.296 e. The molecule has 14 heavy (non-hydrogen) atoms. The van der Waals surface area contributed by atoms with Crippen LogP contribution in [-0.4, -0.2) is 30.3 Å². The highest BCUT2D eigenvalue weighted by Gasteiger charge is 2.15. The fourth-order valence-electron chi connectivity index (χ4n) is 1.70. The van der Waals surface area contributed by atoms with Gasteiger partial charge in [0.05, 0.1) is 6.54 Å². The quantitative estimate of drug-likeness (QED) is 0.674. The average Bonchev–Trinajstić information content (AvgIpc) is 2.72. The third-order valence-electron chi connectivity index (χ3n) is 2.50. The number of nitrogens with zero attached hydrogens (tertiary/aromatic N) is 1. The first kappa shape index (κ1) is 9.41. The lowest BCUT2D eigenvalue weighted by molar-refractivity contribution is 0.0946. The lowest BCUT2D eigenvalue weighted by atomic mass is 10.1. The minimum Gasteiger partial charge on any atom is -0.296 e. The van der Waals surface area contributed by atoms with E-state index < -0.39 is 0 Å². The van der Waals surface area contributed by atoms with Gasteiger partial charge in [0.25, 0.3) is 0 Å². The molecule has 0 aliphatic carbocycles. The highest BCUT2D eigenvalue weighted by molar-refractivity contribution is 5.97. The van der Waals surface area contributed by atoms with E-state index in [-0.39, 0.29) is 5.78 Å². The van der Waals surface area contributed by atoms with E-state index in [1.54, 1.807) is 0 Å². The van der Waals surface area contributed by atoms with E-state index >= 15 is 0 Å². The van der Waals surface area contributed by atoms with Crippen molar-refractivity contribution >= 4 is 5.78 Å². The summed E-state index contributed by atoms with van der Waals surface area (Å²) in [4.78, 5) is 13.9. The van der Waals surface area contributed by atoms with Crippen LogP contribution >= 0.6 is 0 Å². The summed E-state index contributed by atoms with van der Waals surface area (Å²) in [7, 11) is 0. The van der Waals surface area contributed by atoms with E-state index in [1.807, 2.05) is 30.3 Å². The van der Waals surface area contributed by atoms with E-state index in [1.165, 1.54) is 0 Å². The lowest BCUT2D eigenvalue weighted by Gasteiger charge is -2.12. The van der Waals surface area contributed by atoms with Crippen molar-refractivity contribution in [3.8, 4) is 0 Å². The molecule has 0 N–H and O–H groups in total. The highest BCUT2D eigenvalue weighted by Crippen LogP contribution is 2.08. The summed E-state index contributed by atoms with van der Waals surface area (Å²) in [5.74, 6) is 0.223. The Hall–Kier alpha value is -1.15. The molecule has 1 saturated heterocycles. The summed E-state index contributed by atoms with van der Waals surface area (Å²) in [5.41, 5.74) is 0.819. The second-order valence-corrected chi connectivity index (χ2v) is 3.60. The molecule has 1 aromatic rings. The van der Waals surface area contributed by atoms with Crippen LogP contribution in [0.3, 0.4) is 0 Å². The Bertz CT molecular complexity index is 301. The van der Waals surface area contributed by atoms with Crippen molar-refractivity contribution in [1.82, 2.24) is 4.90 Å². The minimum atomic E-state index is 0.223. The second kappa shape index (κ2) is 4.38. The molecule has 0 bridgehead atoms. The standard InChI is InChI=1S/C12H14NO/c14-12(10-13-8-4-5-9-13)11-6-2-1-3-7-11/h1-4,6-7H,5,8-10H2. The molecule has 1 radical (unpaired) electrons. The molecular formula is C12H14NO. The monoisotopic (exact) mass is 188 g/mol. The minimum absolute atomic E-state index is 0.223. The molecule has 0 saturated carbocycles. The van der Waals surface area contributed by atoms with Crippen molar-refractivity contribution in [3.05, 3.63) is 42.3 Å². The number of rotatable bonds is 3. The Kier molecular flexibility index (Phi) is 2.94. The van der Waals surface area contributed by atoms with Crippen molar-refractivity contribution in [2.24, 2.45) is 0 Å². The number of carbonyl (C=O) groups is 1. The fourth-order valence-corrected chi connectivity index (χ4v) is 1.70. The Morgan fingerprint density at radius 1 is 1.29 bits per heavy atom. The van der Waals surface area contributed by atoms with E-state index in [0.29, 0.717) is 6.54 Å². The molecule has 1 fully saturated rings. The van der Waals surface area contributed by atoms with Crippen molar-refractivity contribution < 1.29 is 4.79 Å². The SMILES string of the molecule is O=C(CN1C[CH]CC1)c1ccccc1. The Labute approximate surface area is 84.5 Å². The maximum atomic E-state index is 11.7. The van der Waals surface area contributed by atoms with E-state index in [9.17, 15) is 4.79 Å².